The van der Waals surface area contributed by atoms with Crippen molar-refractivity contribution >= 4 is 5.91 Å². The summed E-state index contributed by atoms with van der Waals surface area (Å²) >= 11 is 0. The van der Waals surface area contributed by atoms with Gasteiger partial charge >= 0.3 is 0 Å². The maximum Gasteiger partial charge on any atom is 0.237 e. The Bertz CT molecular complexity index is 431. The molecule has 112 valence electrons. The minimum atomic E-state index is -0.751. The molecule has 0 saturated carbocycles. The highest BCUT2D eigenvalue weighted by Gasteiger charge is 2.22. The molecule has 0 saturated heterocycles. The largest absolute Gasteiger partial charge is 0.497 e. The van der Waals surface area contributed by atoms with Crippen molar-refractivity contribution < 1.29 is 14.6 Å². The van der Waals surface area contributed by atoms with Gasteiger partial charge in [-0.3, -0.25) is 9.69 Å². The van der Waals surface area contributed by atoms with Crippen molar-refractivity contribution in [3.05, 3.63) is 29.8 Å². The van der Waals surface area contributed by atoms with E-state index < -0.39 is 6.10 Å². The van der Waals surface area contributed by atoms with Gasteiger partial charge in [-0.2, -0.15) is 0 Å². The fraction of sp³-hybridized carbons (Fsp3) is 0.533. The summed E-state index contributed by atoms with van der Waals surface area (Å²) in [5.41, 5.74) is 0.746. The van der Waals surface area contributed by atoms with Gasteiger partial charge in [0.2, 0.25) is 5.91 Å². The zero-order valence-electron chi connectivity index (χ0n) is 12.8. The number of hydrogen-bond donors (Lipinski definition) is 2. The summed E-state index contributed by atoms with van der Waals surface area (Å²) in [7, 11) is 5.28. The average Bonchev–Trinajstić information content (AvgIpc) is 2.45. The summed E-state index contributed by atoms with van der Waals surface area (Å²) in [6, 6.07) is 6.56. The minimum absolute atomic E-state index is 0.102. The average molecular weight is 280 g/mol. The molecule has 0 spiro atoms. The zero-order chi connectivity index (χ0) is 15.3. The number of hydrogen-bond acceptors (Lipinski definition) is 4. The lowest BCUT2D eigenvalue weighted by Crippen LogP contribution is -2.46. The number of aliphatic hydroxyl groups excluding tert-OH is 1. The molecule has 0 fully saturated rings. The highest BCUT2D eigenvalue weighted by Crippen LogP contribution is 2.20. The third kappa shape index (κ3) is 4.21. The number of amides is 1. The number of carbonyl (C=O) groups is 1. The van der Waals surface area contributed by atoms with Crippen LogP contribution in [-0.4, -0.2) is 49.2 Å². The predicted molar refractivity (Wildman–Crippen MR) is 78.7 cm³/mol. The lowest BCUT2D eigenvalue weighted by Gasteiger charge is -2.25. The molecular formula is C15H24N2O3. The molecule has 2 unspecified atom stereocenters. The van der Waals surface area contributed by atoms with E-state index in [1.54, 1.807) is 38.3 Å². The Morgan fingerprint density at radius 3 is 2.25 bits per heavy atom. The number of aliphatic hydroxyl groups is 1. The number of benzene rings is 1. The van der Waals surface area contributed by atoms with Crippen LogP contribution in [-0.2, 0) is 4.79 Å². The van der Waals surface area contributed by atoms with Gasteiger partial charge in [0.1, 0.15) is 5.75 Å². The summed E-state index contributed by atoms with van der Waals surface area (Å²) in [5, 5.41) is 13.1. The van der Waals surface area contributed by atoms with E-state index in [-0.39, 0.29) is 18.0 Å². The second-order valence-corrected chi connectivity index (χ2v) is 5.15. The topological polar surface area (TPSA) is 61.8 Å². The van der Waals surface area contributed by atoms with Crippen LogP contribution in [0.4, 0.5) is 0 Å². The molecule has 0 heterocycles. The molecule has 1 aromatic carbocycles. The minimum Gasteiger partial charge on any atom is -0.497 e. The van der Waals surface area contributed by atoms with Gasteiger partial charge in [0.25, 0.3) is 0 Å². The van der Waals surface area contributed by atoms with Crippen molar-refractivity contribution in [2.24, 2.45) is 0 Å². The first-order valence-electron chi connectivity index (χ1n) is 6.65. The molecule has 20 heavy (non-hydrogen) atoms. The second kappa shape index (κ2) is 7.26. The number of likely N-dealkylation sites (N-methyl/N-ethyl adjacent to an activating group) is 1. The predicted octanol–water partition coefficient (Wildman–Crippen LogP) is 1.18. The molecule has 1 aromatic rings. The monoisotopic (exact) mass is 280 g/mol. The summed E-state index contributed by atoms with van der Waals surface area (Å²) in [5.74, 6) is 0.633. The first-order valence-corrected chi connectivity index (χ1v) is 6.65. The first kappa shape index (κ1) is 16.5. The molecule has 5 heteroatoms. The Balaban J connectivity index is 2.66. The molecule has 0 aliphatic carbocycles. The molecule has 0 radical (unpaired) electrons. The summed E-state index contributed by atoms with van der Waals surface area (Å²) in [4.78, 5) is 13.8. The molecule has 0 aliphatic rings. The van der Waals surface area contributed by atoms with Crippen LogP contribution in [0.2, 0.25) is 0 Å². The van der Waals surface area contributed by atoms with Crippen LogP contribution in [0.25, 0.3) is 0 Å². The van der Waals surface area contributed by atoms with E-state index in [2.05, 4.69) is 5.32 Å². The maximum atomic E-state index is 11.9. The highest BCUT2D eigenvalue weighted by molar-refractivity contribution is 5.81. The Labute approximate surface area is 120 Å². The third-order valence-electron chi connectivity index (χ3n) is 3.45. The Morgan fingerprint density at radius 2 is 1.80 bits per heavy atom. The van der Waals surface area contributed by atoms with Crippen molar-refractivity contribution in [1.82, 2.24) is 10.2 Å². The van der Waals surface area contributed by atoms with Crippen LogP contribution in [0.5, 0.6) is 5.75 Å². The van der Waals surface area contributed by atoms with E-state index in [1.165, 1.54) is 0 Å². The molecule has 0 aliphatic heterocycles. The molecule has 0 bridgehead atoms. The lowest BCUT2D eigenvalue weighted by molar-refractivity contribution is -0.126. The number of nitrogens with zero attached hydrogens (tertiary/aromatic N) is 1. The molecule has 5 nitrogen and oxygen atoms in total. The van der Waals surface area contributed by atoms with Crippen LogP contribution < -0.4 is 10.1 Å². The van der Waals surface area contributed by atoms with Gasteiger partial charge in [0.05, 0.1) is 25.3 Å². The van der Waals surface area contributed by atoms with E-state index in [1.807, 2.05) is 25.9 Å². The molecule has 3 atom stereocenters. The van der Waals surface area contributed by atoms with Crippen molar-refractivity contribution in [2.45, 2.75) is 32.0 Å². The molecule has 2 N–H and O–H groups in total. The zero-order valence-corrected chi connectivity index (χ0v) is 12.8. The van der Waals surface area contributed by atoms with Crippen LogP contribution in [0.1, 0.15) is 25.5 Å². The maximum absolute atomic E-state index is 11.9. The fourth-order valence-electron chi connectivity index (χ4n) is 1.75. The molecular weight excluding hydrogens is 256 g/mol. The molecule has 1 amide bonds. The molecule has 1 rings (SSSR count). The summed E-state index contributed by atoms with van der Waals surface area (Å²) in [6.07, 6.45) is -0.751. The normalized spacial score (nSPS) is 15.6. The number of nitrogens with one attached hydrogen (secondary N) is 1. The van der Waals surface area contributed by atoms with E-state index >= 15 is 0 Å². The van der Waals surface area contributed by atoms with E-state index in [4.69, 9.17) is 4.74 Å². The van der Waals surface area contributed by atoms with Gasteiger partial charge in [0.15, 0.2) is 0 Å². The first-order chi connectivity index (χ1) is 9.36. The highest BCUT2D eigenvalue weighted by atomic mass is 16.5. The van der Waals surface area contributed by atoms with Gasteiger partial charge in [-0.25, -0.2) is 0 Å². The van der Waals surface area contributed by atoms with E-state index in [0.717, 1.165) is 11.3 Å². The van der Waals surface area contributed by atoms with Crippen molar-refractivity contribution in [2.75, 3.05) is 21.2 Å². The smallest absolute Gasteiger partial charge is 0.237 e. The van der Waals surface area contributed by atoms with Crippen molar-refractivity contribution in [1.29, 1.82) is 0 Å². The van der Waals surface area contributed by atoms with Gasteiger partial charge in [-0.15, -0.1) is 0 Å². The number of methoxy groups -OCH3 is 1. The summed E-state index contributed by atoms with van der Waals surface area (Å²) < 4.78 is 5.07. The lowest BCUT2D eigenvalue weighted by atomic mass is 10.0. The fourth-order valence-corrected chi connectivity index (χ4v) is 1.75. The van der Waals surface area contributed by atoms with E-state index in [9.17, 15) is 9.90 Å². The quantitative estimate of drug-likeness (QED) is 0.821. The number of ether oxygens (including phenoxy) is 1. The number of rotatable bonds is 6. The third-order valence-corrected chi connectivity index (χ3v) is 3.45. The van der Waals surface area contributed by atoms with Crippen molar-refractivity contribution in [3.63, 3.8) is 0 Å². The van der Waals surface area contributed by atoms with Crippen LogP contribution in [0.3, 0.4) is 0 Å². The number of carbonyl (C=O) groups excluding carboxylic acids is 1. The van der Waals surface area contributed by atoms with Crippen LogP contribution in [0, 0.1) is 0 Å². The van der Waals surface area contributed by atoms with Gasteiger partial charge < -0.3 is 15.2 Å². The standard InChI is InChI=1S/C15H24N2O3/c1-10(16-15(19)11(2)17(3)4)14(18)12-6-8-13(20-5)9-7-12/h6-11,14,18H,1-5H3,(H,16,19)/t10?,11-,14?/m0/s1. The summed E-state index contributed by atoms with van der Waals surface area (Å²) in [6.45, 7) is 3.61. The van der Waals surface area contributed by atoms with Gasteiger partial charge in [0, 0.05) is 0 Å². The molecule has 0 aromatic heterocycles. The van der Waals surface area contributed by atoms with Crippen LogP contribution >= 0.6 is 0 Å². The van der Waals surface area contributed by atoms with Crippen molar-refractivity contribution in [3.8, 4) is 5.75 Å². The van der Waals surface area contributed by atoms with Crippen LogP contribution in [0.15, 0.2) is 24.3 Å². The Morgan fingerprint density at radius 1 is 1.25 bits per heavy atom. The Kier molecular flexibility index (Phi) is 5.98. The van der Waals surface area contributed by atoms with Gasteiger partial charge in [-0.05, 0) is 45.6 Å². The second-order valence-electron chi connectivity index (χ2n) is 5.15. The SMILES string of the molecule is COc1ccc(C(O)C(C)NC(=O)[C@H](C)N(C)C)cc1. The Hall–Kier alpha value is -1.59. The van der Waals surface area contributed by atoms with E-state index in [0.29, 0.717) is 0 Å². The van der Waals surface area contributed by atoms with Gasteiger partial charge in [-0.1, -0.05) is 12.1 Å².